The Morgan fingerprint density at radius 2 is 0.687 bits per heavy atom. The van der Waals surface area contributed by atoms with Crippen LogP contribution in [-0.4, -0.2) is 0 Å². The van der Waals surface area contributed by atoms with E-state index in [1.165, 1.54) is 58.1 Å². The fraction of sp³-hybridized carbons (Fsp3) is 0.153. The summed E-state index contributed by atoms with van der Waals surface area (Å²) in [7, 11) is 0. The first-order chi connectivity index (χ1) is 31.8. The molecule has 2 nitrogen and oxygen atoms in total. The van der Waals surface area contributed by atoms with Gasteiger partial charge in [0.25, 0.3) is 0 Å². The van der Waals surface area contributed by atoms with E-state index in [1.807, 2.05) is 146 Å². The molecular weight excluding hydrogens is 900 g/mol. The van der Waals surface area contributed by atoms with E-state index in [0.717, 1.165) is 43.4 Å². The Morgan fingerprint density at radius 3 is 1.00 bits per heavy atom. The molecule has 0 heterocycles. The largest absolute Gasteiger partial charge is 0.207 e. The Kier molecular flexibility index (Phi) is 29.5. The summed E-state index contributed by atoms with van der Waals surface area (Å²) in [6.07, 6.45) is 0. The highest BCUT2D eigenvalue weighted by molar-refractivity contribution is 6.31. The van der Waals surface area contributed by atoms with Gasteiger partial charge < -0.3 is 0 Å². The predicted octanol–water partition coefficient (Wildman–Crippen LogP) is 18.4. The molecule has 0 atom stereocenters. The molecule has 0 aliphatic carbocycles. The zero-order valence-corrected chi connectivity index (χ0v) is 41.8. The van der Waals surface area contributed by atoms with Crippen molar-refractivity contribution < 1.29 is 13.2 Å². The maximum absolute atomic E-state index is 12.4. The Bertz CT molecular complexity index is 2440. The second kappa shape index (κ2) is 33.8. The average molecular weight is 958 g/mol. The van der Waals surface area contributed by atoms with Crippen LogP contribution in [0.3, 0.4) is 0 Å². The van der Waals surface area contributed by atoms with Crippen molar-refractivity contribution >= 4 is 34.8 Å². The van der Waals surface area contributed by atoms with Gasteiger partial charge in [-0.25, -0.2) is 13.2 Å². The SMILES string of the molecule is Cc1ccc(C#N)cc1.Cc1ccc(C)cc1.Cc1ccc(Cl)c(F)c1.Cc1ccc(Cl)cc1.Cc1ccc(F)cc1.Cc1cccc(C#N)c1.Cc1cccc(Cl)c1.Cc1cccc(F)c1. The van der Waals surface area contributed by atoms with Gasteiger partial charge in [-0.15, -0.1) is 0 Å². The highest BCUT2D eigenvalue weighted by Gasteiger charge is 1.96. The number of hydrogen-bond acceptors (Lipinski definition) is 2. The maximum Gasteiger partial charge on any atom is 0.142 e. The van der Waals surface area contributed by atoms with Crippen molar-refractivity contribution in [1.29, 1.82) is 10.5 Å². The normalized spacial score (nSPS) is 9.09. The number of nitrogens with zero attached hydrogens (tertiary/aromatic N) is 2. The van der Waals surface area contributed by atoms with Crippen LogP contribution in [0.1, 0.15) is 61.2 Å². The molecule has 0 fully saturated rings. The van der Waals surface area contributed by atoms with Gasteiger partial charge in [0.1, 0.15) is 17.5 Å². The first kappa shape index (κ1) is 58.4. The molecule has 0 aromatic heterocycles. The predicted molar refractivity (Wildman–Crippen MR) is 279 cm³/mol. The van der Waals surface area contributed by atoms with Crippen LogP contribution >= 0.6 is 34.8 Å². The standard InChI is InChI=1S/2C8H7N.C8H10.C7H6ClF.2C7H7Cl.2C7H7F/c1-7-2-4-8(6-9)5-3-7;1-7-3-2-4-8(5-7)6-9;1-7-3-5-8(2)6-4-7;1-5-2-3-6(8)7(9)4-5;1-6-2-4-7(8)5-3-6;1-6-3-2-4-7(8)5-6;1-6-2-4-7(8)5-3-6;1-6-3-2-4-7(8)5-6/h2*2-5H,1H3;3-6H,1-2H3;2-4H,1H3;4*2-5H,1H3. The Balaban J connectivity index is 0.000000383. The Hall–Kier alpha value is -6.60. The molecule has 8 heteroatoms. The zero-order valence-electron chi connectivity index (χ0n) is 39.6. The maximum atomic E-state index is 12.4. The van der Waals surface area contributed by atoms with Crippen LogP contribution in [0.25, 0.3) is 0 Å². The van der Waals surface area contributed by atoms with E-state index in [9.17, 15) is 13.2 Å². The fourth-order valence-electron chi connectivity index (χ4n) is 4.86. The lowest BCUT2D eigenvalue weighted by Gasteiger charge is -1.92. The fourth-order valence-corrected chi connectivity index (χ4v) is 5.35. The molecule has 0 spiro atoms. The Morgan fingerprint density at radius 1 is 0.313 bits per heavy atom. The van der Waals surface area contributed by atoms with Crippen LogP contribution in [0.5, 0.6) is 0 Å². The molecule has 0 radical (unpaired) electrons. The minimum absolute atomic E-state index is 0.162. The van der Waals surface area contributed by atoms with Crippen molar-refractivity contribution in [2.75, 3.05) is 0 Å². The second-order valence-corrected chi connectivity index (χ2v) is 16.5. The molecule has 67 heavy (non-hydrogen) atoms. The summed E-state index contributed by atoms with van der Waals surface area (Å²) in [6.45, 7) is 17.8. The molecule has 0 saturated carbocycles. The lowest BCUT2D eigenvalue weighted by Crippen LogP contribution is -1.76. The van der Waals surface area contributed by atoms with E-state index in [4.69, 9.17) is 45.3 Å². The Labute approximate surface area is 412 Å². The third-order valence-electron chi connectivity index (χ3n) is 8.60. The summed E-state index contributed by atoms with van der Waals surface area (Å²) < 4.78 is 36.7. The second-order valence-electron chi connectivity index (χ2n) is 15.2. The minimum atomic E-state index is -0.350. The highest BCUT2D eigenvalue weighted by Crippen LogP contribution is 2.14. The molecule has 346 valence electrons. The number of halogens is 6. The first-order valence-electron chi connectivity index (χ1n) is 21.1. The summed E-state index contributed by atoms with van der Waals surface area (Å²) in [5.41, 5.74) is 11.8. The number of rotatable bonds is 0. The van der Waals surface area contributed by atoms with Crippen LogP contribution in [0, 0.1) is 102 Å². The van der Waals surface area contributed by atoms with E-state index in [1.54, 1.807) is 36.4 Å². The zero-order chi connectivity index (χ0) is 50.1. The molecule has 0 aliphatic heterocycles. The van der Waals surface area contributed by atoms with Crippen molar-refractivity contribution in [3.8, 4) is 12.1 Å². The average Bonchev–Trinajstić information content (AvgIpc) is 3.30. The molecular formula is C59H58Cl3F3N2. The van der Waals surface area contributed by atoms with Gasteiger partial charge in [-0.05, 0) is 169 Å². The molecule has 0 saturated heterocycles. The van der Waals surface area contributed by atoms with E-state index >= 15 is 0 Å². The van der Waals surface area contributed by atoms with Crippen LogP contribution in [0.2, 0.25) is 15.1 Å². The van der Waals surface area contributed by atoms with Gasteiger partial charge >= 0.3 is 0 Å². The van der Waals surface area contributed by atoms with Crippen molar-refractivity contribution in [2.45, 2.75) is 62.3 Å². The molecule has 8 rings (SSSR count). The minimum Gasteiger partial charge on any atom is -0.207 e. The van der Waals surface area contributed by atoms with Gasteiger partial charge in [0.05, 0.1) is 28.3 Å². The van der Waals surface area contributed by atoms with Crippen LogP contribution < -0.4 is 0 Å². The molecule has 8 aromatic rings. The van der Waals surface area contributed by atoms with Crippen LogP contribution in [-0.2, 0) is 0 Å². The van der Waals surface area contributed by atoms with Crippen LogP contribution in [0.15, 0.2) is 188 Å². The van der Waals surface area contributed by atoms with E-state index in [0.29, 0.717) is 0 Å². The van der Waals surface area contributed by atoms with Crippen molar-refractivity contribution in [3.63, 3.8) is 0 Å². The van der Waals surface area contributed by atoms with Gasteiger partial charge in [-0.2, -0.15) is 10.5 Å². The molecule has 0 amide bonds. The van der Waals surface area contributed by atoms with Crippen molar-refractivity contribution in [1.82, 2.24) is 0 Å². The van der Waals surface area contributed by atoms with Gasteiger partial charge in [0.15, 0.2) is 0 Å². The third kappa shape index (κ3) is 30.3. The summed E-state index contributed by atoms with van der Waals surface area (Å²) in [6, 6.07) is 60.7. The van der Waals surface area contributed by atoms with E-state index in [-0.39, 0.29) is 22.5 Å². The lowest BCUT2D eigenvalue weighted by molar-refractivity contribution is 0.626. The van der Waals surface area contributed by atoms with Crippen molar-refractivity contribution in [3.05, 3.63) is 282 Å². The molecule has 0 bridgehead atoms. The summed E-state index contributed by atoms with van der Waals surface area (Å²) in [4.78, 5) is 0. The number of nitriles is 2. The molecule has 0 aliphatic rings. The van der Waals surface area contributed by atoms with E-state index < -0.39 is 0 Å². The van der Waals surface area contributed by atoms with Crippen LogP contribution in [0.4, 0.5) is 13.2 Å². The van der Waals surface area contributed by atoms with E-state index in [2.05, 4.69) is 50.3 Å². The monoisotopic (exact) mass is 956 g/mol. The summed E-state index contributed by atoms with van der Waals surface area (Å²) in [5, 5.41) is 18.6. The summed E-state index contributed by atoms with van der Waals surface area (Å²) in [5.74, 6) is -0.683. The summed E-state index contributed by atoms with van der Waals surface area (Å²) >= 11 is 16.7. The number of aryl methyl sites for hydroxylation is 9. The third-order valence-corrected chi connectivity index (χ3v) is 9.40. The number of hydrogen-bond donors (Lipinski definition) is 0. The molecule has 0 N–H and O–H groups in total. The van der Waals surface area contributed by atoms with Gasteiger partial charge in [0, 0.05) is 10.0 Å². The van der Waals surface area contributed by atoms with Gasteiger partial charge in [-0.1, -0.05) is 166 Å². The molecule has 0 unspecified atom stereocenters. The lowest BCUT2D eigenvalue weighted by atomic mass is 10.2. The van der Waals surface area contributed by atoms with Gasteiger partial charge in [0.2, 0.25) is 0 Å². The quantitative estimate of drug-likeness (QED) is 0.152. The topological polar surface area (TPSA) is 47.6 Å². The molecule has 8 aromatic carbocycles. The smallest absolute Gasteiger partial charge is 0.142 e. The first-order valence-corrected chi connectivity index (χ1v) is 22.2. The van der Waals surface area contributed by atoms with Gasteiger partial charge in [-0.3, -0.25) is 0 Å². The number of benzene rings is 8. The highest BCUT2D eigenvalue weighted by atomic mass is 35.5. The van der Waals surface area contributed by atoms with Crippen molar-refractivity contribution in [2.24, 2.45) is 0 Å².